The van der Waals surface area contributed by atoms with Gasteiger partial charge in [-0.25, -0.2) is 0 Å². The van der Waals surface area contributed by atoms with Crippen LogP contribution in [0.3, 0.4) is 0 Å². The van der Waals surface area contributed by atoms with E-state index in [9.17, 15) is 20.0 Å². The van der Waals surface area contributed by atoms with Gasteiger partial charge in [0.25, 0.3) is 0 Å². The molecule has 130 valence electrons. The summed E-state index contributed by atoms with van der Waals surface area (Å²) in [6.07, 6.45) is 5.77. The summed E-state index contributed by atoms with van der Waals surface area (Å²) in [6, 6.07) is 2.52. The highest BCUT2D eigenvalue weighted by Crippen LogP contribution is 2.32. The van der Waals surface area contributed by atoms with Crippen LogP contribution in [0.2, 0.25) is 5.02 Å². The number of nitrogens with zero attached hydrogens (tertiary/aromatic N) is 3. The van der Waals surface area contributed by atoms with Gasteiger partial charge in [0.2, 0.25) is 11.7 Å². The Hall–Kier alpha value is -2.15. The van der Waals surface area contributed by atoms with E-state index < -0.39 is 16.4 Å². The van der Waals surface area contributed by atoms with Crippen molar-refractivity contribution >= 4 is 29.4 Å². The maximum Gasteiger partial charge on any atom is 0.312 e. The second-order valence-corrected chi connectivity index (χ2v) is 6.14. The Kier molecular flexibility index (Phi) is 6.54. The molecule has 8 heteroatoms. The number of amides is 1. The summed E-state index contributed by atoms with van der Waals surface area (Å²) < 4.78 is 0. The number of nitro groups is 1. The van der Waals surface area contributed by atoms with Crippen LogP contribution in [0.15, 0.2) is 17.1 Å². The van der Waals surface area contributed by atoms with Crippen LogP contribution in [0.1, 0.15) is 37.7 Å². The highest BCUT2D eigenvalue weighted by molar-refractivity contribution is 6.31. The van der Waals surface area contributed by atoms with Gasteiger partial charge in [-0.2, -0.15) is 0 Å². The van der Waals surface area contributed by atoms with E-state index in [2.05, 4.69) is 4.99 Å². The first-order chi connectivity index (χ1) is 11.5. The summed E-state index contributed by atoms with van der Waals surface area (Å²) in [6.45, 7) is 1.91. The highest BCUT2D eigenvalue weighted by atomic mass is 35.5. The molecule has 1 aliphatic rings. The van der Waals surface area contributed by atoms with Crippen molar-refractivity contribution < 1.29 is 14.8 Å². The van der Waals surface area contributed by atoms with Gasteiger partial charge in [-0.3, -0.25) is 19.9 Å². The molecule has 1 saturated heterocycles. The molecule has 0 bridgehead atoms. The molecule has 1 aliphatic heterocycles. The molecule has 0 spiro atoms. The number of aromatic hydroxyl groups is 1. The predicted molar refractivity (Wildman–Crippen MR) is 91.9 cm³/mol. The number of phenolic OH excluding ortho intramolecular Hbond substituents is 1. The van der Waals surface area contributed by atoms with Crippen molar-refractivity contribution in [2.45, 2.75) is 32.1 Å². The average Bonchev–Trinajstić information content (AvgIpc) is 2.74. The molecule has 24 heavy (non-hydrogen) atoms. The fourth-order valence-electron chi connectivity index (χ4n) is 2.63. The molecule has 1 heterocycles. The van der Waals surface area contributed by atoms with E-state index in [-0.39, 0.29) is 16.5 Å². The molecule has 2 rings (SSSR count). The van der Waals surface area contributed by atoms with E-state index in [1.165, 1.54) is 12.3 Å². The first-order valence-corrected chi connectivity index (χ1v) is 8.31. The van der Waals surface area contributed by atoms with E-state index >= 15 is 0 Å². The second-order valence-electron chi connectivity index (χ2n) is 5.70. The van der Waals surface area contributed by atoms with E-state index in [1.807, 2.05) is 4.90 Å². The quantitative estimate of drug-likeness (QED) is 0.367. The van der Waals surface area contributed by atoms with E-state index in [1.54, 1.807) is 0 Å². The summed E-state index contributed by atoms with van der Waals surface area (Å²) in [7, 11) is 0. The average molecular weight is 354 g/mol. The third kappa shape index (κ3) is 4.92. The van der Waals surface area contributed by atoms with Crippen molar-refractivity contribution in [1.29, 1.82) is 0 Å². The summed E-state index contributed by atoms with van der Waals surface area (Å²) in [5, 5.41) is 20.9. The molecule has 0 atom stereocenters. The van der Waals surface area contributed by atoms with Crippen molar-refractivity contribution in [3.8, 4) is 5.75 Å². The van der Waals surface area contributed by atoms with Crippen molar-refractivity contribution in [1.82, 2.24) is 4.90 Å². The van der Waals surface area contributed by atoms with Crippen LogP contribution in [0.5, 0.6) is 5.75 Å². The van der Waals surface area contributed by atoms with Crippen molar-refractivity contribution in [2.75, 3.05) is 19.6 Å². The van der Waals surface area contributed by atoms with Gasteiger partial charge in [-0.15, -0.1) is 0 Å². The Bertz CT molecular complexity index is 648. The molecule has 0 aliphatic carbocycles. The molecule has 1 aromatic carbocycles. The minimum atomic E-state index is -0.691. The van der Waals surface area contributed by atoms with Crippen LogP contribution in [0.4, 0.5) is 5.69 Å². The smallest absolute Gasteiger partial charge is 0.312 e. The molecule has 0 unspecified atom stereocenters. The van der Waals surface area contributed by atoms with Gasteiger partial charge in [0, 0.05) is 48.9 Å². The molecule has 0 radical (unpaired) electrons. The molecule has 1 fully saturated rings. The van der Waals surface area contributed by atoms with Gasteiger partial charge in [-0.1, -0.05) is 18.0 Å². The molecule has 0 aromatic heterocycles. The fraction of sp³-hybridized carbons (Fsp3) is 0.500. The monoisotopic (exact) mass is 353 g/mol. The van der Waals surface area contributed by atoms with E-state index in [0.717, 1.165) is 31.9 Å². The second kappa shape index (κ2) is 8.63. The van der Waals surface area contributed by atoms with Crippen molar-refractivity contribution in [2.24, 2.45) is 4.99 Å². The topological polar surface area (TPSA) is 96.0 Å². The summed E-state index contributed by atoms with van der Waals surface area (Å²) in [5.74, 6) is -0.254. The van der Waals surface area contributed by atoms with Crippen LogP contribution >= 0.6 is 11.6 Å². The Balaban J connectivity index is 1.90. The zero-order chi connectivity index (χ0) is 17.5. The first-order valence-electron chi connectivity index (χ1n) is 7.93. The third-order valence-corrected chi connectivity index (χ3v) is 4.12. The molecular weight excluding hydrogens is 334 g/mol. The minimum absolute atomic E-state index is 0.163. The molecule has 7 nitrogen and oxygen atoms in total. The Morgan fingerprint density at radius 1 is 1.38 bits per heavy atom. The number of aliphatic imine (C=N–C) groups is 1. The number of hydrogen-bond acceptors (Lipinski definition) is 5. The SMILES string of the molecule is O=C1CCCCCN1CCCN=Cc1cc(Cl)cc([N+](=O)[O-])c1O. The largest absolute Gasteiger partial charge is 0.502 e. The lowest BCUT2D eigenvalue weighted by Crippen LogP contribution is -2.31. The van der Waals surface area contributed by atoms with Gasteiger partial charge < -0.3 is 10.0 Å². The number of nitro benzene ring substituents is 1. The number of carbonyl (C=O) groups is 1. The summed E-state index contributed by atoms with van der Waals surface area (Å²) in [4.78, 5) is 28.0. The number of phenols is 1. The standard InChI is InChI=1S/C16H20ClN3O4/c17-13-9-12(16(22)14(10-13)20(23)24)11-18-6-4-8-19-7-3-1-2-5-15(19)21/h9-11,22H,1-8H2. The van der Waals surface area contributed by atoms with E-state index in [4.69, 9.17) is 11.6 Å². The number of carbonyl (C=O) groups excluding carboxylic acids is 1. The third-order valence-electron chi connectivity index (χ3n) is 3.90. The van der Waals surface area contributed by atoms with Crippen LogP contribution < -0.4 is 0 Å². The highest BCUT2D eigenvalue weighted by Gasteiger charge is 2.18. The van der Waals surface area contributed by atoms with Crippen LogP contribution in [-0.2, 0) is 4.79 Å². The number of hydrogen-bond donors (Lipinski definition) is 1. The lowest BCUT2D eigenvalue weighted by molar-refractivity contribution is -0.385. The van der Waals surface area contributed by atoms with Gasteiger partial charge in [0.05, 0.1) is 4.92 Å². The van der Waals surface area contributed by atoms with Crippen molar-refractivity contribution in [3.05, 3.63) is 32.8 Å². The van der Waals surface area contributed by atoms with Crippen LogP contribution in [-0.4, -0.2) is 46.7 Å². The number of benzene rings is 1. The summed E-state index contributed by atoms with van der Waals surface area (Å²) in [5.41, 5.74) is -0.237. The van der Waals surface area contributed by atoms with Gasteiger partial charge in [0.15, 0.2) is 0 Å². The van der Waals surface area contributed by atoms with Gasteiger partial charge in [-0.05, 0) is 25.3 Å². The van der Waals surface area contributed by atoms with E-state index in [0.29, 0.717) is 25.9 Å². The number of halogens is 1. The molecule has 1 amide bonds. The minimum Gasteiger partial charge on any atom is -0.502 e. The Morgan fingerprint density at radius 3 is 2.92 bits per heavy atom. The van der Waals surface area contributed by atoms with Crippen molar-refractivity contribution in [3.63, 3.8) is 0 Å². The molecule has 0 saturated carbocycles. The zero-order valence-corrected chi connectivity index (χ0v) is 14.0. The maximum absolute atomic E-state index is 11.9. The predicted octanol–water partition coefficient (Wildman–Crippen LogP) is 3.17. The van der Waals surface area contributed by atoms with Crippen LogP contribution in [0.25, 0.3) is 0 Å². The maximum atomic E-state index is 11.9. The molecule has 1 aromatic rings. The zero-order valence-electron chi connectivity index (χ0n) is 13.3. The fourth-order valence-corrected chi connectivity index (χ4v) is 2.85. The lowest BCUT2D eigenvalue weighted by Gasteiger charge is -2.19. The summed E-state index contributed by atoms with van der Waals surface area (Å²) >= 11 is 5.82. The van der Waals surface area contributed by atoms with Gasteiger partial charge >= 0.3 is 5.69 Å². The first kappa shape index (κ1) is 18.2. The van der Waals surface area contributed by atoms with Crippen LogP contribution in [0, 0.1) is 10.1 Å². The van der Waals surface area contributed by atoms with Gasteiger partial charge in [0.1, 0.15) is 0 Å². The number of rotatable bonds is 6. The lowest BCUT2D eigenvalue weighted by atomic mass is 10.2. The Morgan fingerprint density at radius 2 is 2.17 bits per heavy atom. The normalized spacial score (nSPS) is 15.7. The number of likely N-dealkylation sites (tertiary alicyclic amines) is 1. The molecular formula is C16H20ClN3O4. The molecule has 1 N–H and O–H groups in total. The Labute approximate surface area is 145 Å².